The molecule has 2 N–H and O–H groups in total. The first kappa shape index (κ1) is 22.2. The number of para-hydroxylation sites is 1. The van der Waals surface area contributed by atoms with Crippen molar-refractivity contribution in [1.82, 2.24) is 19.8 Å². The first-order chi connectivity index (χ1) is 16.5. The number of aromatic nitrogens is 2. The number of benzene rings is 2. The molecule has 174 valence electrons. The third kappa shape index (κ3) is 3.64. The number of nitrogens with zero attached hydrogens (tertiary/aromatic N) is 2. The normalized spacial score (nSPS) is 14.2. The molecular formula is C28H30N4O2. The molecule has 1 aliphatic rings. The lowest BCUT2D eigenvalue weighted by Gasteiger charge is -2.18. The van der Waals surface area contributed by atoms with Crippen LogP contribution in [0.5, 0.6) is 0 Å². The Bertz CT molecular complexity index is 1440. The van der Waals surface area contributed by atoms with Crippen LogP contribution >= 0.6 is 0 Å². The van der Waals surface area contributed by atoms with Crippen LogP contribution in [0.25, 0.3) is 33.0 Å². The third-order valence-electron chi connectivity index (χ3n) is 6.94. The lowest BCUT2D eigenvalue weighted by Crippen LogP contribution is -2.24. The topological polar surface area (TPSA) is 70.1 Å². The van der Waals surface area contributed by atoms with Crippen LogP contribution in [0, 0.1) is 6.92 Å². The Labute approximate surface area is 199 Å². The minimum Gasteiger partial charge on any atom is -0.361 e. The number of hydrogen-bond donors (Lipinski definition) is 2. The fourth-order valence-electron chi connectivity index (χ4n) is 5.16. The number of carbonyl (C=O) groups excluding carboxylic acids is 2. The molecule has 4 aromatic rings. The minimum absolute atomic E-state index is 0.337. The molecule has 0 radical (unpaired) electrons. The van der Waals surface area contributed by atoms with Crippen molar-refractivity contribution in [3.63, 3.8) is 0 Å². The lowest BCUT2D eigenvalue weighted by molar-refractivity contribution is -0.122. The van der Waals surface area contributed by atoms with Crippen LogP contribution in [-0.2, 0) is 16.1 Å². The van der Waals surface area contributed by atoms with E-state index in [2.05, 4.69) is 64.9 Å². The molecule has 0 unspecified atom stereocenters. The summed E-state index contributed by atoms with van der Waals surface area (Å²) < 4.78 is 2.23. The van der Waals surface area contributed by atoms with E-state index in [0.717, 1.165) is 71.1 Å². The number of hydrogen-bond acceptors (Lipinski definition) is 3. The molecule has 0 fully saturated rings. The van der Waals surface area contributed by atoms with Crippen molar-refractivity contribution in [2.75, 3.05) is 19.6 Å². The van der Waals surface area contributed by atoms with Gasteiger partial charge in [0.25, 0.3) is 11.8 Å². The first-order valence-corrected chi connectivity index (χ1v) is 12.0. The Hall–Kier alpha value is -3.64. The van der Waals surface area contributed by atoms with Gasteiger partial charge < -0.3 is 14.5 Å². The number of imide groups is 1. The number of aromatic amines is 1. The quantitative estimate of drug-likeness (QED) is 0.378. The van der Waals surface area contributed by atoms with Crippen LogP contribution < -0.4 is 5.32 Å². The Morgan fingerprint density at radius 3 is 2.41 bits per heavy atom. The summed E-state index contributed by atoms with van der Waals surface area (Å²) in [6, 6.07) is 14.1. The molecule has 0 spiro atoms. The van der Waals surface area contributed by atoms with Crippen LogP contribution in [0.15, 0.2) is 54.9 Å². The monoisotopic (exact) mass is 454 g/mol. The van der Waals surface area contributed by atoms with Gasteiger partial charge in [0, 0.05) is 51.9 Å². The van der Waals surface area contributed by atoms with E-state index in [4.69, 9.17) is 0 Å². The number of fused-ring (bicyclic) bond motifs is 2. The number of carbonyl (C=O) groups is 2. The van der Waals surface area contributed by atoms with E-state index in [9.17, 15) is 9.59 Å². The molecule has 3 heterocycles. The summed E-state index contributed by atoms with van der Waals surface area (Å²) in [5.74, 6) is -0.684. The Balaban J connectivity index is 1.66. The van der Waals surface area contributed by atoms with Gasteiger partial charge in [0.1, 0.15) is 0 Å². The molecule has 6 nitrogen and oxygen atoms in total. The summed E-state index contributed by atoms with van der Waals surface area (Å²) in [6.07, 6.45) is 4.90. The van der Waals surface area contributed by atoms with Gasteiger partial charge in [-0.25, -0.2) is 0 Å². The van der Waals surface area contributed by atoms with Crippen molar-refractivity contribution < 1.29 is 9.59 Å². The van der Waals surface area contributed by atoms with Gasteiger partial charge in [0.05, 0.1) is 11.1 Å². The predicted molar refractivity (Wildman–Crippen MR) is 137 cm³/mol. The molecule has 0 saturated carbocycles. The van der Waals surface area contributed by atoms with Crippen molar-refractivity contribution in [3.8, 4) is 0 Å². The number of H-pyrrole nitrogens is 1. The van der Waals surface area contributed by atoms with Crippen molar-refractivity contribution in [2.24, 2.45) is 0 Å². The van der Waals surface area contributed by atoms with Gasteiger partial charge in [-0.05, 0) is 50.7 Å². The SMILES string of the molecule is CCN(CC)CCCn1cc(C2=C(c3c[nH]c4ccccc34)C(=O)NC2=O)c2c(C)cccc21. The average molecular weight is 455 g/mol. The zero-order valence-corrected chi connectivity index (χ0v) is 19.9. The van der Waals surface area contributed by atoms with E-state index < -0.39 is 0 Å². The Morgan fingerprint density at radius 1 is 0.912 bits per heavy atom. The van der Waals surface area contributed by atoms with E-state index in [1.54, 1.807) is 0 Å². The molecular weight excluding hydrogens is 424 g/mol. The number of aryl methyl sites for hydroxylation is 2. The second kappa shape index (κ2) is 8.95. The van der Waals surface area contributed by atoms with E-state index >= 15 is 0 Å². The summed E-state index contributed by atoms with van der Waals surface area (Å²) >= 11 is 0. The lowest BCUT2D eigenvalue weighted by atomic mass is 9.94. The molecule has 2 aromatic heterocycles. The fraction of sp³-hybridized carbons (Fsp3) is 0.286. The molecule has 2 amide bonds. The van der Waals surface area contributed by atoms with Gasteiger partial charge in [-0.15, -0.1) is 0 Å². The zero-order valence-electron chi connectivity index (χ0n) is 19.9. The number of nitrogens with one attached hydrogen (secondary N) is 2. The smallest absolute Gasteiger partial charge is 0.259 e. The molecule has 0 atom stereocenters. The van der Waals surface area contributed by atoms with E-state index in [1.807, 2.05) is 30.5 Å². The number of amides is 2. The summed E-state index contributed by atoms with van der Waals surface area (Å²) in [4.78, 5) is 31.8. The van der Waals surface area contributed by atoms with Crippen molar-refractivity contribution in [1.29, 1.82) is 0 Å². The maximum atomic E-state index is 13.2. The highest BCUT2D eigenvalue weighted by Crippen LogP contribution is 2.39. The second-order valence-corrected chi connectivity index (χ2v) is 8.87. The van der Waals surface area contributed by atoms with Crippen molar-refractivity contribution in [3.05, 3.63) is 71.5 Å². The molecule has 0 aliphatic carbocycles. The van der Waals surface area contributed by atoms with Gasteiger partial charge in [0.2, 0.25) is 0 Å². The van der Waals surface area contributed by atoms with Crippen LogP contribution in [0.3, 0.4) is 0 Å². The Morgan fingerprint density at radius 2 is 1.65 bits per heavy atom. The largest absolute Gasteiger partial charge is 0.361 e. The van der Waals surface area contributed by atoms with Crippen molar-refractivity contribution in [2.45, 2.75) is 33.7 Å². The Kier molecular flexibility index (Phi) is 5.84. The fourth-order valence-corrected chi connectivity index (χ4v) is 5.16. The minimum atomic E-state index is -0.347. The molecule has 2 aromatic carbocycles. The molecule has 1 aliphatic heterocycles. The maximum absolute atomic E-state index is 13.2. The van der Waals surface area contributed by atoms with Gasteiger partial charge in [-0.1, -0.05) is 44.2 Å². The van der Waals surface area contributed by atoms with Crippen LogP contribution in [0.1, 0.15) is 37.0 Å². The summed E-state index contributed by atoms with van der Waals surface area (Å²) in [5, 5.41) is 4.51. The highest BCUT2D eigenvalue weighted by atomic mass is 16.2. The van der Waals surface area contributed by atoms with Gasteiger partial charge in [0.15, 0.2) is 0 Å². The highest BCUT2D eigenvalue weighted by Gasteiger charge is 2.35. The van der Waals surface area contributed by atoms with Gasteiger partial charge >= 0.3 is 0 Å². The predicted octanol–water partition coefficient (Wildman–Crippen LogP) is 4.73. The van der Waals surface area contributed by atoms with E-state index in [1.165, 1.54) is 0 Å². The zero-order chi connectivity index (χ0) is 23.8. The van der Waals surface area contributed by atoms with Crippen LogP contribution in [0.2, 0.25) is 0 Å². The summed E-state index contributed by atoms with van der Waals surface area (Å²) in [7, 11) is 0. The number of rotatable bonds is 8. The first-order valence-electron chi connectivity index (χ1n) is 12.0. The van der Waals surface area contributed by atoms with Gasteiger partial charge in [-0.3, -0.25) is 14.9 Å². The average Bonchev–Trinajstić information content (AvgIpc) is 3.50. The van der Waals surface area contributed by atoms with E-state index in [0.29, 0.717) is 11.1 Å². The molecule has 0 bridgehead atoms. The molecule has 6 heteroatoms. The van der Waals surface area contributed by atoms with Crippen LogP contribution in [0.4, 0.5) is 0 Å². The van der Waals surface area contributed by atoms with Crippen LogP contribution in [-0.4, -0.2) is 45.9 Å². The molecule has 5 rings (SSSR count). The third-order valence-corrected chi connectivity index (χ3v) is 6.94. The van der Waals surface area contributed by atoms with Crippen molar-refractivity contribution >= 4 is 44.8 Å². The maximum Gasteiger partial charge on any atom is 0.259 e. The molecule has 0 saturated heterocycles. The molecule has 34 heavy (non-hydrogen) atoms. The second-order valence-electron chi connectivity index (χ2n) is 8.87. The summed E-state index contributed by atoms with van der Waals surface area (Å²) in [6.45, 7) is 10.4. The van der Waals surface area contributed by atoms with E-state index in [-0.39, 0.29) is 11.8 Å². The highest BCUT2D eigenvalue weighted by molar-refractivity contribution is 6.50. The summed E-state index contributed by atoms with van der Waals surface area (Å²) in [5.41, 5.74) is 5.58. The standard InChI is InChI=1S/C28H30N4O2/c1-4-31(5-2)14-9-15-32-17-21(24-18(3)10-8-13-23(24)32)26-25(27(33)30-28(26)34)20-16-29-22-12-7-6-11-19(20)22/h6-8,10-13,16-17,29H,4-5,9,14-15H2,1-3H3,(H,30,33,34). The van der Waals surface area contributed by atoms with Gasteiger partial charge in [-0.2, -0.15) is 0 Å².